The zero-order valence-corrected chi connectivity index (χ0v) is 21.2. The van der Waals surface area contributed by atoms with Crippen LogP contribution in [0.1, 0.15) is 76.3 Å². The summed E-state index contributed by atoms with van der Waals surface area (Å²) < 4.78 is 0. The van der Waals surface area contributed by atoms with Gasteiger partial charge in [0, 0.05) is 23.2 Å². The van der Waals surface area contributed by atoms with Crippen molar-refractivity contribution in [1.29, 1.82) is 0 Å². The molecule has 2 amide bonds. The van der Waals surface area contributed by atoms with E-state index in [1.807, 2.05) is 26.0 Å². The molecule has 4 heteroatoms. The van der Waals surface area contributed by atoms with Gasteiger partial charge in [0.05, 0.1) is 0 Å². The standard InChI is InChI=1S/C30H40N2O2/c1-5-7-9-23-17-25(23)29(33)31-27-13-11-21(15-19(27)3)22-12-14-28(20(4)16-22)32-30(34)26-18-24(26)10-8-6-2/h11-16,23-26H,5-10,17-18H2,1-4H3,(H,31,33)(H,32,34)/t23-,24-,25+,26+/m1/s1. The Hall–Kier alpha value is -2.62. The normalized spacial score (nSPS) is 22.8. The number of carbonyl (C=O) groups is 2. The Morgan fingerprint density at radius 3 is 1.50 bits per heavy atom. The van der Waals surface area contributed by atoms with Gasteiger partial charge >= 0.3 is 0 Å². The molecule has 0 heterocycles. The number of hydrogen-bond acceptors (Lipinski definition) is 2. The molecule has 34 heavy (non-hydrogen) atoms. The monoisotopic (exact) mass is 460 g/mol. The van der Waals surface area contributed by atoms with Crippen LogP contribution in [0.15, 0.2) is 36.4 Å². The smallest absolute Gasteiger partial charge is 0.227 e. The number of anilines is 2. The fraction of sp³-hybridized carbons (Fsp3) is 0.533. The summed E-state index contributed by atoms with van der Waals surface area (Å²) in [6, 6.07) is 12.4. The minimum absolute atomic E-state index is 0.167. The zero-order chi connectivity index (χ0) is 24.2. The lowest BCUT2D eigenvalue weighted by molar-refractivity contribution is -0.118. The summed E-state index contributed by atoms with van der Waals surface area (Å²) in [7, 11) is 0. The summed E-state index contributed by atoms with van der Waals surface area (Å²) >= 11 is 0. The first-order valence-corrected chi connectivity index (χ1v) is 13.2. The Labute approximate surface area is 204 Å². The number of benzene rings is 2. The van der Waals surface area contributed by atoms with E-state index < -0.39 is 0 Å². The lowest BCUT2D eigenvalue weighted by Gasteiger charge is -2.13. The van der Waals surface area contributed by atoms with Crippen LogP contribution in [0.5, 0.6) is 0 Å². The van der Waals surface area contributed by atoms with Gasteiger partial charge in [-0.05, 0) is 97.9 Å². The molecule has 2 fully saturated rings. The van der Waals surface area contributed by atoms with Gasteiger partial charge in [-0.3, -0.25) is 9.59 Å². The number of unbranched alkanes of at least 4 members (excludes halogenated alkanes) is 2. The Morgan fingerprint density at radius 2 is 1.15 bits per heavy atom. The lowest BCUT2D eigenvalue weighted by atomic mass is 9.99. The number of hydrogen-bond donors (Lipinski definition) is 2. The molecule has 0 aromatic heterocycles. The largest absolute Gasteiger partial charge is 0.326 e. The fourth-order valence-corrected chi connectivity index (χ4v) is 5.13. The summed E-state index contributed by atoms with van der Waals surface area (Å²) in [4.78, 5) is 25.2. The SMILES string of the molecule is CCCC[C@@H]1C[C@@H]1C(=O)Nc1ccc(-c2ccc(NC(=O)[C@H]3C[C@H]3CCCC)c(C)c2)cc1C. The summed E-state index contributed by atoms with van der Waals surface area (Å²) in [5.74, 6) is 1.86. The molecule has 0 aliphatic heterocycles. The first-order chi connectivity index (χ1) is 16.4. The van der Waals surface area contributed by atoms with Crippen molar-refractivity contribution in [2.24, 2.45) is 23.7 Å². The number of aryl methyl sites for hydroxylation is 2. The van der Waals surface area contributed by atoms with Crippen LogP contribution in [-0.4, -0.2) is 11.8 Å². The van der Waals surface area contributed by atoms with Gasteiger partial charge in [0.15, 0.2) is 0 Å². The molecule has 4 rings (SSSR count). The second-order valence-electron chi connectivity index (χ2n) is 10.5. The van der Waals surface area contributed by atoms with Gasteiger partial charge in [0.2, 0.25) is 11.8 Å². The first-order valence-electron chi connectivity index (χ1n) is 13.2. The molecular formula is C30H40N2O2. The van der Waals surface area contributed by atoms with Gasteiger partial charge in [-0.25, -0.2) is 0 Å². The number of amides is 2. The summed E-state index contributed by atoms with van der Waals surface area (Å²) in [6.45, 7) is 8.50. The maximum Gasteiger partial charge on any atom is 0.227 e. The minimum atomic E-state index is 0.167. The summed E-state index contributed by atoms with van der Waals surface area (Å²) in [6.07, 6.45) is 9.21. The second kappa shape index (κ2) is 10.8. The van der Waals surface area contributed by atoms with E-state index >= 15 is 0 Å². The molecule has 0 spiro atoms. The van der Waals surface area contributed by atoms with Crippen LogP contribution >= 0.6 is 0 Å². The zero-order valence-electron chi connectivity index (χ0n) is 21.2. The number of nitrogens with one attached hydrogen (secondary N) is 2. The lowest BCUT2D eigenvalue weighted by Crippen LogP contribution is -2.15. The van der Waals surface area contributed by atoms with Crippen LogP contribution < -0.4 is 10.6 Å². The highest BCUT2D eigenvalue weighted by Gasteiger charge is 2.42. The average Bonchev–Trinajstić information content (AvgIpc) is 3.74. The topological polar surface area (TPSA) is 58.2 Å². The van der Waals surface area contributed by atoms with Crippen LogP contribution in [-0.2, 0) is 9.59 Å². The maximum atomic E-state index is 12.6. The molecule has 2 N–H and O–H groups in total. The van der Waals surface area contributed by atoms with Crippen LogP contribution in [0.3, 0.4) is 0 Å². The van der Waals surface area contributed by atoms with Crippen molar-refractivity contribution in [2.75, 3.05) is 10.6 Å². The van der Waals surface area contributed by atoms with E-state index in [1.165, 1.54) is 38.5 Å². The van der Waals surface area contributed by atoms with Crippen LogP contribution in [0, 0.1) is 37.5 Å². The molecule has 0 saturated heterocycles. The first kappa shape index (κ1) is 24.5. The van der Waals surface area contributed by atoms with Crippen molar-refractivity contribution in [3.05, 3.63) is 47.5 Å². The van der Waals surface area contributed by atoms with Gasteiger partial charge in [-0.2, -0.15) is 0 Å². The van der Waals surface area contributed by atoms with Crippen LogP contribution in [0.25, 0.3) is 11.1 Å². The van der Waals surface area contributed by atoms with Crippen molar-refractivity contribution in [1.82, 2.24) is 0 Å². The van der Waals surface area contributed by atoms with E-state index in [0.717, 1.165) is 46.5 Å². The number of rotatable bonds is 11. The molecule has 4 nitrogen and oxygen atoms in total. The summed E-state index contributed by atoms with van der Waals surface area (Å²) in [5, 5.41) is 6.29. The van der Waals surface area contributed by atoms with Gasteiger partial charge < -0.3 is 10.6 Å². The Kier molecular flexibility index (Phi) is 7.75. The third kappa shape index (κ3) is 5.89. The highest BCUT2D eigenvalue weighted by Crippen LogP contribution is 2.44. The van der Waals surface area contributed by atoms with E-state index in [4.69, 9.17) is 0 Å². The molecule has 2 aliphatic rings. The van der Waals surface area contributed by atoms with Crippen molar-refractivity contribution >= 4 is 23.2 Å². The Morgan fingerprint density at radius 1 is 0.735 bits per heavy atom. The predicted octanol–water partition coefficient (Wildman–Crippen LogP) is 7.50. The highest BCUT2D eigenvalue weighted by atomic mass is 16.2. The molecule has 0 unspecified atom stereocenters. The van der Waals surface area contributed by atoms with Crippen LogP contribution in [0.2, 0.25) is 0 Å². The molecule has 182 valence electrons. The highest BCUT2D eigenvalue weighted by molar-refractivity contribution is 5.96. The van der Waals surface area contributed by atoms with Gasteiger partial charge in [0.25, 0.3) is 0 Å². The molecule has 2 aliphatic carbocycles. The maximum absolute atomic E-state index is 12.6. The van der Waals surface area contributed by atoms with E-state index in [9.17, 15) is 9.59 Å². The Balaban J connectivity index is 1.35. The molecule has 0 radical (unpaired) electrons. The summed E-state index contributed by atoms with van der Waals surface area (Å²) in [5.41, 5.74) is 6.17. The molecule has 2 aromatic rings. The van der Waals surface area contributed by atoms with Gasteiger partial charge in [-0.15, -0.1) is 0 Å². The van der Waals surface area contributed by atoms with Gasteiger partial charge in [-0.1, -0.05) is 51.7 Å². The van der Waals surface area contributed by atoms with Crippen molar-refractivity contribution in [3.63, 3.8) is 0 Å². The van der Waals surface area contributed by atoms with Crippen LogP contribution in [0.4, 0.5) is 11.4 Å². The van der Waals surface area contributed by atoms with Crippen molar-refractivity contribution in [3.8, 4) is 11.1 Å². The molecular weight excluding hydrogens is 420 g/mol. The number of carbonyl (C=O) groups excluding carboxylic acids is 2. The third-order valence-electron chi connectivity index (χ3n) is 7.68. The van der Waals surface area contributed by atoms with Crippen molar-refractivity contribution in [2.45, 2.75) is 79.1 Å². The molecule has 2 aromatic carbocycles. The fourth-order valence-electron chi connectivity index (χ4n) is 5.13. The Bertz CT molecular complexity index is 961. The second-order valence-corrected chi connectivity index (χ2v) is 10.5. The predicted molar refractivity (Wildman–Crippen MR) is 141 cm³/mol. The molecule has 4 atom stereocenters. The molecule has 0 bridgehead atoms. The van der Waals surface area contributed by atoms with Gasteiger partial charge in [0.1, 0.15) is 0 Å². The van der Waals surface area contributed by atoms with Crippen molar-refractivity contribution < 1.29 is 9.59 Å². The minimum Gasteiger partial charge on any atom is -0.326 e. The van der Waals surface area contributed by atoms with E-state index in [0.29, 0.717) is 11.8 Å². The quantitative estimate of drug-likeness (QED) is 0.365. The third-order valence-corrected chi connectivity index (χ3v) is 7.68. The van der Waals surface area contributed by atoms with E-state index in [-0.39, 0.29) is 23.7 Å². The molecule has 2 saturated carbocycles. The van der Waals surface area contributed by atoms with E-state index in [1.54, 1.807) is 0 Å². The average molecular weight is 461 g/mol. The van der Waals surface area contributed by atoms with E-state index in [2.05, 4.69) is 48.7 Å².